The number of carbonyl (C=O) groups excluding carboxylic acids is 2. The van der Waals surface area contributed by atoms with Gasteiger partial charge in [0.1, 0.15) is 0 Å². The highest BCUT2D eigenvalue weighted by Gasteiger charge is 2.26. The van der Waals surface area contributed by atoms with Crippen LogP contribution in [0.25, 0.3) is 0 Å². The number of carboxylic acid groups (broad SMARTS) is 1. The second kappa shape index (κ2) is 7.84. The Labute approximate surface area is 119 Å². The van der Waals surface area contributed by atoms with Crippen LogP contribution in [0, 0.1) is 5.41 Å². The fourth-order valence-electron chi connectivity index (χ4n) is 1.62. The molecule has 0 fully saturated rings. The van der Waals surface area contributed by atoms with E-state index in [0.717, 1.165) is 0 Å². The van der Waals surface area contributed by atoms with E-state index in [1.165, 1.54) is 4.90 Å². The Bertz CT molecular complexity index is 367. The van der Waals surface area contributed by atoms with E-state index in [4.69, 9.17) is 5.11 Å². The van der Waals surface area contributed by atoms with Crippen LogP contribution in [-0.2, 0) is 9.59 Å². The van der Waals surface area contributed by atoms with Crippen molar-refractivity contribution in [1.82, 2.24) is 15.1 Å². The number of aliphatic carboxylic acids is 1. The lowest BCUT2D eigenvalue weighted by Crippen LogP contribution is -2.44. The third-order valence-corrected chi connectivity index (χ3v) is 2.74. The van der Waals surface area contributed by atoms with Gasteiger partial charge >= 0.3 is 12.0 Å². The lowest BCUT2D eigenvalue weighted by molar-refractivity contribution is -0.139. The minimum atomic E-state index is -0.961. The minimum absolute atomic E-state index is 0.00738. The van der Waals surface area contributed by atoms with Crippen LogP contribution in [0.4, 0.5) is 4.79 Å². The Morgan fingerprint density at radius 1 is 1.05 bits per heavy atom. The number of hydrogen-bond acceptors (Lipinski definition) is 4. The molecule has 7 nitrogen and oxygen atoms in total. The summed E-state index contributed by atoms with van der Waals surface area (Å²) < 4.78 is 0. The summed E-state index contributed by atoms with van der Waals surface area (Å²) in [5.41, 5.74) is -0.682. The summed E-state index contributed by atoms with van der Waals surface area (Å²) >= 11 is 0. The van der Waals surface area contributed by atoms with Gasteiger partial charge in [0.05, 0.1) is 6.42 Å². The van der Waals surface area contributed by atoms with Crippen molar-refractivity contribution in [3.05, 3.63) is 0 Å². The van der Waals surface area contributed by atoms with E-state index in [2.05, 4.69) is 5.32 Å². The second-order valence-corrected chi connectivity index (χ2v) is 5.99. The zero-order chi connectivity index (χ0) is 15.9. The van der Waals surface area contributed by atoms with Gasteiger partial charge in [-0.2, -0.15) is 0 Å². The van der Waals surface area contributed by atoms with E-state index in [9.17, 15) is 14.4 Å². The number of imide groups is 1. The maximum absolute atomic E-state index is 11.7. The molecule has 0 bridgehead atoms. The van der Waals surface area contributed by atoms with Crippen molar-refractivity contribution in [1.29, 1.82) is 0 Å². The molecule has 7 heteroatoms. The molecular formula is C13H25N3O4. The Hall–Kier alpha value is -1.63. The van der Waals surface area contributed by atoms with E-state index in [-0.39, 0.29) is 12.8 Å². The van der Waals surface area contributed by atoms with E-state index in [1.807, 2.05) is 19.0 Å². The normalized spacial score (nSPS) is 11.3. The smallest absolute Gasteiger partial charge is 0.323 e. The van der Waals surface area contributed by atoms with Gasteiger partial charge in [0, 0.05) is 26.6 Å². The zero-order valence-corrected chi connectivity index (χ0v) is 12.9. The van der Waals surface area contributed by atoms with Gasteiger partial charge in [-0.25, -0.2) is 4.79 Å². The van der Waals surface area contributed by atoms with Crippen molar-refractivity contribution in [3.8, 4) is 0 Å². The van der Waals surface area contributed by atoms with Crippen LogP contribution in [0.15, 0.2) is 0 Å². The molecule has 0 aromatic carbocycles. The predicted octanol–water partition coefficient (Wildman–Crippen LogP) is 0.607. The summed E-state index contributed by atoms with van der Waals surface area (Å²) in [6.45, 7) is 4.56. The van der Waals surface area contributed by atoms with Crippen LogP contribution in [0.1, 0.15) is 26.7 Å². The van der Waals surface area contributed by atoms with Crippen LogP contribution in [0.5, 0.6) is 0 Å². The molecule has 0 aliphatic heterocycles. The lowest BCUT2D eigenvalue weighted by atomic mass is 9.85. The van der Waals surface area contributed by atoms with Gasteiger partial charge in [0.15, 0.2) is 0 Å². The topological polar surface area (TPSA) is 90.0 Å². The molecule has 3 amide bonds. The molecule has 0 saturated carbocycles. The minimum Gasteiger partial charge on any atom is -0.481 e. The van der Waals surface area contributed by atoms with Gasteiger partial charge < -0.3 is 14.9 Å². The molecule has 0 aromatic heterocycles. The number of urea groups is 1. The number of amides is 3. The maximum Gasteiger partial charge on any atom is 0.323 e. The van der Waals surface area contributed by atoms with Gasteiger partial charge in [-0.15, -0.1) is 0 Å². The molecule has 20 heavy (non-hydrogen) atoms. The molecule has 0 aromatic rings. The average Bonchev–Trinajstić information content (AvgIpc) is 2.22. The Balaban J connectivity index is 4.25. The average molecular weight is 287 g/mol. The van der Waals surface area contributed by atoms with Crippen molar-refractivity contribution in [3.63, 3.8) is 0 Å². The highest BCUT2D eigenvalue weighted by atomic mass is 16.4. The molecule has 0 aliphatic rings. The van der Waals surface area contributed by atoms with Gasteiger partial charge in [-0.3, -0.25) is 14.9 Å². The highest BCUT2D eigenvalue weighted by molar-refractivity contribution is 5.94. The number of nitrogens with one attached hydrogen (secondary N) is 1. The quantitative estimate of drug-likeness (QED) is 0.716. The summed E-state index contributed by atoms with van der Waals surface area (Å²) in [6.07, 6.45) is -0.127. The molecule has 116 valence electrons. The van der Waals surface area contributed by atoms with Crippen LogP contribution in [0.3, 0.4) is 0 Å². The number of rotatable bonds is 7. The van der Waals surface area contributed by atoms with Crippen LogP contribution in [0.2, 0.25) is 0 Å². The predicted molar refractivity (Wildman–Crippen MR) is 75.4 cm³/mol. The van der Waals surface area contributed by atoms with E-state index in [0.29, 0.717) is 13.1 Å². The standard InChI is InChI=1S/C13H25N3O4/c1-13(2,9-11(18)19)8-10(17)14-12(20)16(5)7-6-15(3)4/h6-9H2,1-5H3,(H,18,19)(H,14,17,20). The lowest BCUT2D eigenvalue weighted by Gasteiger charge is -2.23. The highest BCUT2D eigenvalue weighted by Crippen LogP contribution is 2.24. The third kappa shape index (κ3) is 8.47. The second-order valence-electron chi connectivity index (χ2n) is 5.99. The number of carboxylic acids is 1. The Kier molecular flexibility index (Phi) is 7.20. The SMILES string of the molecule is CN(C)CCN(C)C(=O)NC(=O)CC(C)(C)CC(=O)O. The summed E-state index contributed by atoms with van der Waals surface area (Å²) in [5.74, 6) is -1.42. The van der Waals surface area contributed by atoms with Gasteiger partial charge in [-0.1, -0.05) is 13.8 Å². The first-order valence-corrected chi connectivity index (χ1v) is 6.45. The molecular weight excluding hydrogens is 262 g/mol. The Morgan fingerprint density at radius 2 is 1.60 bits per heavy atom. The van der Waals surface area contributed by atoms with Crippen molar-refractivity contribution in [2.24, 2.45) is 5.41 Å². The molecule has 0 rings (SSSR count). The summed E-state index contributed by atoms with van der Waals surface area (Å²) in [5, 5.41) is 11.0. The van der Waals surface area contributed by atoms with E-state index < -0.39 is 23.3 Å². The van der Waals surface area contributed by atoms with Gasteiger partial charge in [0.25, 0.3) is 0 Å². The fraction of sp³-hybridized carbons (Fsp3) is 0.769. The van der Waals surface area contributed by atoms with Crippen molar-refractivity contribution in [2.75, 3.05) is 34.2 Å². The summed E-state index contributed by atoms with van der Waals surface area (Å²) in [7, 11) is 5.39. The van der Waals surface area contributed by atoms with E-state index >= 15 is 0 Å². The van der Waals surface area contributed by atoms with E-state index in [1.54, 1.807) is 20.9 Å². The monoisotopic (exact) mass is 287 g/mol. The van der Waals surface area contributed by atoms with Gasteiger partial charge in [0.2, 0.25) is 5.91 Å². The first-order valence-electron chi connectivity index (χ1n) is 6.45. The summed E-state index contributed by atoms with van der Waals surface area (Å²) in [6, 6.07) is -0.469. The van der Waals surface area contributed by atoms with Crippen LogP contribution in [-0.4, -0.2) is 67.0 Å². The number of nitrogens with zero attached hydrogens (tertiary/aromatic N) is 2. The Morgan fingerprint density at radius 3 is 2.05 bits per heavy atom. The number of likely N-dealkylation sites (N-methyl/N-ethyl adjacent to an activating group) is 2. The molecule has 0 saturated heterocycles. The van der Waals surface area contributed by atoms with Crippen molar-refractivity contribution in [2.45, 2.75) is 26.7 Å². The largest absolute Gasteiger partial charge is 0.481 e. The molecule has 0 radical (unpaired) electrons. The van der Waals surface area contributed by atoms with Gasteiger partial charge in [-0.05, 0) is 19.5 Å². The third-order valence-electron chi connectivity index (χ3n) is 2.74. The number of hydrogen-bond donors (Lipinski definition) is 2. The molecule has 0 aliphatic carbocycles. The maximum atomic E-state index is 11.7. The zero-order valence-electron chi connectivity index (χ0n) is 12.9. The summed E-state index contributed by atoms with van der Waals surface area (Å²) in [4.78, 5) is 37.5. The fourth-order valence-corrected chi connectivity index (χ4v) is 1.62. The first kappa shape index (κ1) is 18.4. The number of carbonyl (C=O) groups is 3. The van der Waals surface area contributed by atoms with Crippen molar-refractivity contribution < 1.29 is 19.5 Å². The molecule has 2 N–H and O–H groups in total. The molecule has 0 heterocycles. The molecule has 0 atom stereocenters. The first-order chi connectivity index (χ1) is 9.03. The molecule has 0 spiro atoms. The van der Waals surface area contributed by atoms with Crippen molar-refractivity contribution >= 4 is 17.9 Å². The molecule has 0 unspecified atom stereocenters. The van der Waals surface area contributed by atoms with Crippen LogP contribution >= 0.6 is 0 Å². The van der Waals surface area contributed by atoms with Crippen LogP contribution < -0.4 is 5.32 Å².